The molecular formula is C19H17BrClN3O3. The molecule has 0 bridgehead atoms. The van der Waals surface area contributed by atoms with Gasteiger partial charge in [-0.05, 0) is 54.0 Å². The molecule has 0 fully saturated rings. The number of hydrogen-bond donors (Lipinski definition) is 1. The highest BCUT2D eigenvalue weighted by atomic mass is 79.9. The van der Waals surface area contributed by atoms with Crippen molar-refractivity contribution in [2.75, 3.05) is 6.61 Å². The molecule has 0 aliphatic carbocycles. The molecule has 0 atom stereocenters. The summed E-state index contributed by atoms with van der Waals surface area (Å²) in [5.74, 6) is -0.121. The predicted molar refractivity (Wildman–Crippen MR) is 108 cm³/mol. The number of carbonyl (C=O) groups excluding carboxylic acids is 1. The maximum atomic E-state index is 12.0. The standard InChI is InChI=1S/C19H17BrClN3O3/c1-11(2)24-15-6-4-3-5-13(15)18(19(24)26)23-22-17(25)10-27-16-8-7-12(21)9-14(16)20/h3-9,11,26H,10H2,1-2H3. The molecule has 0 spiro atoms. The van der Waals surface area contributed by atoms with Crippen LogP contribution in [0.5, 0.6) is 11.6 Å². The van der Waals surface area contributed by atoms with Gasteiger partial charge in [0, 0.05) is 16.5 Å². The molecule has 8 heteroatoms. The van der Waals surface area contributed by atoms with E-state index in [0.29, 0.717) is 15.2 Å². The lowest BCUT2D eigenvalue weighted by Crippen LogP contribution is -2.08. The average Bonchev–Trinajstić information content (AvgIpc) is 2.90. The van der Waals surface area contributed by atoms with Gasteiger partial charge in [-0.2, -0.15) is 0 Å². The highest BCUT2D eigenvalue weighted by Crippen LogP contribution is 2.40. The van der Waals surface area contributed by atoms with E-state index < -0.39 is 5.91 Å². The maximum Gasteiger partial charge on any atom is 0.302 e. The minimum Gasteiger partial charge on any atom is -0.493 e. The topological polar surface area (TPSA) is 76.2 Å². The van der Waals surface area contributed by atoms with Gasteiger partial charge in [0.25, 0.3) is 0 Å². The molecular weight excluding hydrogens is 434 g/mol. The number of carbonyl (C=O) groups is 1. The van der Waals surface area contributed by atoms with Crippen molar-refractivity contribution in [3.63, 3.8) is 0 Å². The zero-order valence-corrected chi connectivity index (χ0v) is 17.0. The monoisotopic (exact) mass is 449 g/mol. The molecule has 0 saturated heterocycles. The molecule has 1 heterocycles. The van der Waals surface area contributed by atoms with Gasteiger partial charge in [-0.3, -0.25) is 4.79 Å². The van der Waals surface area contributed by atoms with Crippen LogP contribution in [0.4, 0.5) is 5.69 Å². The minimum absolute atomic E-state index is 0.0240. The second kappa shape index (κ2) is 8.10. The fourth-order valence-corrected chi connectivity index (χ4v) is 3.52. The van der Waals surface area contributed by atoms with E-state index in [1.54, 1.807) is 22.8 Å². The summed E-state index contributed by atoms with van der Waals surface area (Å²) in [4.78, 5) is 12.0. The summed E-state index contributed by atoms with van der Waals surface area (Å²) in [6.45, 7) is 3.62. The van der Waals surface area contributed by atoms with Gasteiger partial charge in [0.15, 0.2) is 12.3 Å². The zero-order chi connectivity index (χ0) is 19.6. The van der Waals surface area contributed by atoms with E-state index in [1.807, 2.05) is 38.1 Å². The Balaban J connectivity index is 1.79. The Morgan fingerprint density at radius 1 is 1.30 bits per heavy atom. The third-order valence-electron chi connectivity index (χ3n) is 3.88. The SMILES string of the molecule is CC(C)n1c(O)c(N=NC(=O)COc2ccc(Cl)cc2Br)c2ccccc21. The number of aromatic nitrogens is 1. The van der Waals surface area contributed by atoms with E-state index in [2.05, 4.69) is 26.2 Å². The molecule has 0 radical (unpaired) electrons. The fourth-order valence-electron chi connectivity index (χ4n) is 2.72. The van der Waals surface area contributed by atoms with Crippen molar-refractivity contribution in [1.29, 1.82) is 0 Å². The Morgan fingerprint density at radius 3 is 2.74 bits per heavy atom. The Bertz CT molecular complexity index is 1030. The molecule has 27 heavy (non-hydrogen) atoms. The normalized spacial score (nSPS) is 11.6. The van der Waals surface area contributed by atoms with Gasteiger partial charge in [0.05, 0.1) is 9.99 Å². The molecule has 140 valence electrons. The largest absolute Gasteiger partial charge is 0.493 e. The molecule has 0 aliphatic heterocycles. The first-order valence-corrected chi connectivity index (χ1v) is 9.40. The van der Waals surface area contributed by atoms with E-state index in [1.165, 1.54) is 0 Å². The van der Waals surface area contributed by atoms with Crippen LogP contribution in [-0.2, 0) is 4.79 Å². The lowest BCUT2D eigenvalue weighted by molar-refractivity contribution is -0.120. The molecule has 6 nitrogen and oxygen atoms in total. The summed E-state index contributed by atoms with van der Waals surface area (Å²) in [7, 11) is 0. The minimum atomic E-state index is -0.572. The highest BCUT2D eigenvalue weighted by molar-refractivity contribution is 9.10. The molecule has 0 saturated carbocycles. The van der Waals surface area contributed by atoms with Crippen LogP contribution in [-0.4, -0.2) is 22.2 Å². The summed E-state index contributed by atoms with van der Waals surface area (Å²) in [6.07, 6.45) is 0. The van der Waals surface area contributed by atoms with Gasteiger partial charge in [-0.25, -0.2) is 0 Å². The number of hydrogen-bond acceptors (Lipinski definition) is 4. The number of fused-ring (bicyclic) bond motifs is 1. The fraction of sp³-hybridized carbons (Fsp3) is 0.211. The van der Waals surface area contributed by atoms with Crippen LogP contribution >= 0.6 is 27.5 Å². The third kappa shape index (κ3) is 4.14. The van der Waals surface area contributed by atoms with E-state index in [4.69, 9.17) is 16.3 Å². The van der Waals surface area contributed by atoms with Crippen molar-refractivity contribution in [2.24, 2.45) is 10.2 Å². The van der Waals surface area contributed by atoms with Crippen LogP contribution in [0.25, 0.3) is 10.9 Å². The molecule has 3 aromatic rings. The lowest BCUT2D eigenvalue weighted by Gasteiger charge is -2.10. The number of benzene rings is 2. The lowest BCUT2D eigenvalue weighted by atomic mass is 10.2. The van der Waals surface area contributed by atoms with E-state index in [9.17, 15) is 9.90 Å². The van der Waals surface area contributed by atoms with Gasteiger partial charge in [0.2, 0.25) is 5.88 Å². The van der Waals surface area contributed by atoms with E-state index in [-0.39, 0.29) is 24.2 Å². The Morgan fingerprint density at radius 2 is 2.04 bits per heavy atom. The molecule has 2 aromatic carbocycles. The van der Waals surface area contributed by atoms with Crippen LogP contribution in [0.1, 0.15) is 19.9 Å². The summed E-state index contributed by atoms with van der Waals surface area (Å²) in [5.41, 5.74) is 1.09. The van der Waals surface area contributed by atoms with Gasteiger partial charge in [-0.15, -0.1) is 10.2 Å². The number of para-hydroxylation sites is 1. The first kappa shape index (κ1) is 19.4. The van der Waals surface area contributed by atoms with E-state index in [0.717, 1.165) is 10.9 Å². The predicted octanol–water partition coefficient (Wildman–Crippen LogP) is 6.03. The smallest absolute Gasteiger partial charge is 0.302 e. The second-order valence-corrected chi connectivity index (χ2v) is 7.40. The van der Waals surface area contributed by atoms with Gasteiger partial charge < -0.3 is 14.4 Å². The summed E-state index contributed by atoms with van der Waals surface area (Å²) in [5, 5.41) is 19.5. The van der Waals surface area contributed by atoms with Crippen molar-refractivity contribution in [2.45, 2.75) is 19.9 Å². The zero-order valence-electron chi connectivity index (χ0n) is 14.7. The second-order valence-electron chi connectivity index (χ2n) is 6.11. The third-order valence-corrected chi connectivity index (χ3v) is 4.74. The summed E-state index contributed by atoms with van der Waals surface area (Å²) >= 11 is 9.19. The average molecular weight is 451 g/mol. The quantitative estimate of drug-likeness (QED) is 0.482. The van der Waals surface area contributed by atoms with Crippen LogP contribution in [0.3, 0.4) is 0 Å². The van der Waals surface area contributed by atoms with Gasteiger partial charge in [0.1, 0.15) is 5.75 Å². The number of nitrogens with zero attached hydrogens (tertiary/aromatic N) is 3. The van der Waals surface area contributed by atoms with E-state index >= 15 is 0 Å². The highest BCUT2D eigenvalue weighted by Gasteiger charge is 2.18. The number of ether oxygens (including phenoxy) is 1. The van der Waals surface area contributed by atoms with Crippen molar-refractivity contribution >= 4 is 50.0 Å². The molecule has 1 amide bonds. The first-order chi connectivity index (χ1) is 12.9. The van der Waals surface area contributed by atoms with Crippen LogP contribution < -0.4 is 4.74 Å². The van der Waals surface area contributed by atoms with Crippen LogP contribution in [0, 0.1) is 0 Å². The summed E-state index contributed by atoms with van der Waals surface area (Å²) < 4.78 is 7.81. The number of azo groups is 1. The Hall–Kier alpha value is -2.38. The number of rotatable bonds is 5. The first-order valence-electron chi connectivity index (χ1n) is 8.22. The molecule has 0 unspecified atom stereocenters. The van der Waals surface area contributed by atoms with Crippen molar-refractivity contribution in [1.82, 2.24) is 4.57 Å². The summed E-state index contributed by atoms with van der Waals surface area (Å²) in [6, 6.07) is 12.4. The molecule has 1 aromatic heterocycles. The number of amides is 1. The van der Waals surface area contributed by atoms with Crippen molar-refractivity contribution < 1.29 is 14.6 Å². The number of aromatic hydroxyl groups is 1. The Kier molecular flexibility index (Phi) is 5.82. The number of halogens is 2. The van der Waals surface area contributed by atoms with Gasteiger partial charge in [-0.1, -0.05) is 29.8 Å². The van der Waals surface area contributed by atoms with Crippen LogP contribution in [0.15, 0.2) is 57.2 Å². The Labute approximate surface area is 169 Å². The van der Waals surface area contributed by atoms with Gasteiger partial charge >= 0.3 is 5.91 Å². The molecule has 3 rings (SSSR count). The molecule has 0 aliphatic rings. The van der Waals surface area contributed by atoms with Crippen LogP contribution in [0.2, 0.25) is 5.02 Å². The molecule has 1 N–H and O–H groups in total. The maximum absolute atomic E-state index is 12.0. The van der Waals surface area contributed by atoms with Crippen molar-refractivity contribution in [3.05, 3.63) is 52.0 Å². The van der Waals surface area contributed by atoms with Crippen molar-refractivity contribution in [3.8, 4) is 11.6 Å².